The molecule has 1 aliphatic heterocycles. The summed E-state index contributed by atoms with van der Waals surface area (Å²) in [6.45, 7) is 2.36. The third-order valence-corrected chi connectivity index (χ3v) is 4.65. The highest BCUT2D eigenvalue weighted by Gasteiger charge is 2.31. The SMILES string of the molecule is CN(CCNC(=O)NC1CC(=O)N(c2cccc(F)c2)C1)Cc1ccccc1. The van der Waals surface area contributed by atoms with Crippen molar-refractivity contribution in [3.8, 4) is 0 Å². The second-order valence-corrected chi connectivity index (χ2v) is 7.01. The van der Waals surface area contributed by atoms with E-state index in [-0.39, 0.29) is 30.2 Å². The molecule has 2 aromatic rings. The molecule has 2 aromatic carbocycles. The van der Waals surface area contributed by atoms with E-state index < -0.39 is 0 Å². The molecule has 2 N–H and O–H groups in total. The standard InChI is InChI=1S/C21H25FN4O2/c1-25(14-16-6-3-2-4-7-16)11-10-23-21(28)24-18-13-20(27)26(15-18)19-9-5-8-17(22)12-19/h2-9,12,18H,10-11,13-15H2,1H3,(H2,23,24,28). The van der Waals surface area contributed by atoms with Crippen LogP contribution in [0.25, 0.3) is 0 Å². The molecule has 0 saturated carbocycles. The number of nitrogens with zero attached hydrogens (tertiary/aromatic N) is 2. The van der Waals surface area contributed by atoms with Crippen molar-refractivity contribution >= 4 is 17.6 Å². The lowest BCUT2D eigenvalue weighted by atomic mass is 10.2. The van der Waals surface area contributed by atoms with Gasteiger partial charge in [0.2, 0.25) is 5.91 Å². The first-order chi connectivity index (χ1) is 13.5. The number of hydrogen-bond acceptors (Lipinski definition) is 3. The molecule has 0 bridgehead atoms. The first kappa shape index (κ1) is 19.8. The number of anilines is 1. The van der Waals surface area contributed by atoms with Gasteiger partial charge in [-0.3, -0.25) is 4.79 Å². The topological polar surface area (TPSA) is 64.7 Å². The molecule has 1 atom stereocenters. The van der Waals surface area contributed by atoms with Gasteiger partial charge in [0.25, 0.3) is 0 Å². The Morgan fingerprint density at radius 2 is 2.00 bits per heavy atom. The van der Waals surface area contributed by atoms with E-state index in [2.05, 4.69) is 27.7 Å². The fourth-order valence-electron chi connectivity index (χ4n) is 3.27. The minimum Gasteiger partial charge on any atom is -0.337 e. The van der Waals surface area contributed by atoms with Crippen molar-refractivity contribution < 1.29 is 14.0 Å². The molecular weight excluding hydrogens is 359 g/mol. The minimum atomic E-state index is -0.390. The number of hydrogen-bond donors (Lipinski definition) is 2. The quantitative estimate of drug-likeness (QED) is 0.770. The normalized spacial score (nSPS) is 16.5. The Labute approximate surface area is 164 Å². The van der Waals surface area contributed by atoms with Gasteiger partial charge >= 0.3 is 6.03 Å². The van der Waals surface area contributed by atoms with E-state index in [9.17, 15) is 14.0 Å². The second-order valence-electron chi connectivity index (χ2n) is 7.01. The van der Waals surface area contributed by atoms with Crippen LogP contribution in [0.5, 0.6) is 0 Å². The fraction of sp³-hybridized carbons (Fsp3) is 0.333. The first-order valence-corrected chi connectivity index (χ1v) is 9.34. The van der Waals surface area contributed by atoms with Gasteiger partial charge in [-0.25, -0.2) is 9.18 Å². The van der Waals surface area contributed by atoms with Gasteiger partial charge in [-0.1, -0.05) is 36.4 Å². The van der Waals surface area contributed by atoms with Gasteiger partial charge in [0, 0.05) is 38.3 Å². The van der Waals surface area contributed by atoms with Gasteiger partial charge < -0.3 is 20.4 Å². The summed E-state index contributed by atoms with van der Waals surface area (Å²) in [6.07, 6.45) is 0.206. The van der Waals surface area contributed by atoms with Crippen LogP contribution in [0.1, 0.15) is 12.0 Å². The molecule has 6 nitrogen and oxygen atoms in total. The molecule has 3 amide bonds. The molecule has 7 heteroatoms. The summed E-state index contributed by atoms with van der Waals surface area (Å²) in [4.78, 5) is 27.9. The van der Waals surface area contributed by atoms with E-state index in [1.54, 1.807) is 12.1 Å². The van der Waals surface area contributed by atoms with E-state index in [1.165, 1.54) is 22.6 Å². The number of carbonyl (C=O) groups excluding carboxylic acids is 2. The summed E-state index contributed by atoms with van der Waals surface area (Å²) in [5.41, 5.74) is 1.73. The Morgan fingerprint density at radius 1 is 1.21 bits per heavy atom. The predicted octanol–water partition coefficient (Wildman–Crippen LogP) is 2.36. The average molecular weight is 384 g/mol. The minimum absolute atomic E-state index is 0.126. The van der Waals surface area contributed by atoms with Gasteiger partial charge in [-0.15, -0.1) is 0 Å². The van der Waals surface area contributed by atoms with Gasteiger partial charge in [0.1, 0.15) is 5.82 Å². The number of benzene rings is 2. The van der Waals surface area contributed by atoms with Crippen molar-refractivity contribution in [3.05, 3.63) is 66.0 Å². The molecule has 0 radical (unpaired) electrons. The van der Waals surface area contributed by atoms with Gasteiger partial charge in [0.05, 0.1) is 6.04 Å². The lowest BCUT2D eigenvalue weighted by Gasteiger charge is -2.19. The zero-order valence-corrected chi connectivity index (χ0v) is 15.9. The third kappa shape index (κ3) is 5.53. The lowest BCUT2D eigenvalue weighted by Crippen LogP contribution is -2.45. The number of urea groups is 1. The van der Waals surface area contributed by atoms with E-state index in [0.29, 0.717) is 25.3 Å². The predicted molar refractivity (Wildman–Crippen MR) is 106 cm³/mol. The highest BCUT2D eigenvalue weighted by atomic mass is 19.1. The van der Waals surface area contributed by atoms with E-state index in [0.717, 1.165) is 6.54 Å². The van der Waals surface area contributed by atoms with Crippen LogP contribution in [-0.4, -0.2) is 49.6 Å². The third-order valence-electron chi connectivity index (χ3n) is 4.65. The Kier molecular flexibility index (Phi) is 6.60. The molecule has 28 heavy (non-hydrogen) atoms. The lowest BCUT2D eigenvalue weighted by molar-refractivity contribution is -0.117. The fourth-order valence-corrected chi connectivity index (χ4v) is 3.27. The van der Waals surface area contributed by atoms with E-state index in [1.807, 2.05) is 25.2 Å². The number of nitrogens with one attached hydrogen (secondary N) is 2. The maximum Gasteiger partial charge on any atom is 0.315 e. The van der Waals surface area contributed by atoms with Crippen LogP contribution in [-0.2, 0) is 11.3 Å². The summed E-state index contributed by atoms with van der Waals surface area (Å²) in [5, 5.41) is 5.65. The van der Waals surface area contributed by atoms with Crippen molar-refractivity contribution in [1.29, 1.82) is 0 Å². The maximum atomic E-state index is 13.4. The molecule has 1 heterocycles. The van der Waals surface area contributed by atoms with E-state index in [4.69, 9.17) is 0 Å². The Hall–Kier alpha value is -2.93. The summed E-state index contributed by atoms with van der Waals surface area (Å²) < 4.78 is 13.4. The first-order valence-electron chi connectivity index (χ1n) is 9.34. The van der Waals surface area contributed by atoms with Gasteiger partial charge in [0.15, 0.2) is 0 Å². The molecule has 1 fully saturated rings. The largest absolute Gasteiger partial charge is 0.337 e. The highest BCUT2D eigenvalue weighted by Crippen LogP contribution is 2.22. The van der Waals surface area contributed by atoms with Crippen LogP contribution < -0.4 is 15.5 Å². The van der Waals surface area contributed by atoms with Crippen LogP contribution in [0.2, 0.25) is 0 Å². The molecule has 0 spiro atoms. The summed E-state index contributed by atoms with van der Waals surface area (Å²) in [7, 11) is 2.00. The molecule has 1 saturated heterocycles. The number of likely N-dealkylation sites (N-methyl/N-ethyl adjacent to an activating group) is 1. The van der Waals surface area contributed by atoms with Crippen molar-refractivity contribution in [2.45, 2.75) is 19.0 Å². The summed E-state index contributed by atoms with van der Waals surface area (Å²) in [5.74, 6) is -0.516. The Morgan fingerprint density at radius 3 is 2.75 bits per heavy atom. The number of rotatable bonds is 7. The van der Waals surface area contributed by atoms with Crippen molar-refractivity contribution in [2.75, 3.05) is 31.6 Å². The molecule has 148 valence electrons. The molecule has 0 aliphatic carbocycles. The van der Waals surface area contributed by atoms with Crippen LogP contribution in [0.15, 0.2) is 54.6 Å². The van der Waals surface area contributed by atoms with Gasteiger partial charge in [-0.2, -0.15) is 0 Å². The molecule has 1 aliphatic rings. The zero-order valence-electron chi connectivity index (χ0n) is 15.9. The van der Waals surface area contributed by atoms with Crippen LogP contribution in [0.3, 0.4) is 0 Å². The molecular formula is C21H25FN4O2. The van der Waals surface area contributed by atoms with Crippen LogP contribution in [0.4, 0.5) is 14.9 Å². The smallest absolute Gasteiger partial charge is 0.315 e. The number of halogens is 1. The van der Waals surface area contributed by atoms with Crippen LogP contribution in [0, 0.1) is 5.82 Å². The Bertz CT molecular complexity index is 815. The monoisotopic (exact) mass is 384 g/mol. The molecule has 1 unspecified atom stereocenters. The second kappa shape index (κ2) is 9.32. The number of amides is 3. The zero-order chi connectivity index (χ0) is 19.9. The van der Waals surface area contributed by atoms with Crippen LogP contribution >= 0.6 is 0 Å². The summed E-state index contributed by atoms with van der Waals surface area (Å²) >= 11 is 0. The average Bonchev–Trinajstić information content (AvgIpc) is 3.02. The molecule has 0 aromatic heterocycles. The van der Waals surface area contributed by atoms with Crippen molar-refractivity contribution in [3.63, 3.8) is 0 Å². The Balaban J connectivity index is 1.40. The summed E-state index contributed by atoms with van der Waals surface area (Å²) in [6, 6.07) is 15.4. The number of carbonyl (C=O) groups is 2. The van der Waals surface area contributed by atoms with E-state index >= 15 is 0 Å². The van der Waals surface area contributed by atoms with Crippen molar-refractivity contribution in [1.82, 2.24) is 15.5 Å². The highest BCUT2D eigenvalue weighted by molar-refractivity contribution is 5.96. The molecule has 3 rings (SSSR count). The van der Waals surface area contributed by atoms with Gasteiger partial charge in [-0.05, 0) is 30.8 Å². The van der Waals surface area contributed by atoms with Crippen molar-refractivity contribution in [2.24, 2.45) is 0 Å². The maximum absolute atomic E-state index is 13.4.